The highest BCUT2D eigenvalue weighted by Crippen LogP contribution is 2.27. The van der Waals surface area contributed by atoms with Crippen molar-refractivity contribution < 1.29 is 18.9 Å². The molecule has 2 amide bonds. The number of Topliss-reactive ketones (excluding diaryl/α,β-unsaturated/α-hetero) is 1. The SMILES string of the molecule is CCC(=O)c1ccc(CNC(=O)c2cc(-c3cccc(NC(=O)C4CCCCC4)c3)on2)cc1. The van der Waals surface area contributed by atoms with Gasteiger partial charge in [0.15, 0.2) is 17.2 Å². The van der Waals surface area contributed by atoms with Crippen molar-refractivity contribution in [3.63, 3.8) is 0 Å². The van der Waals surface area contributed by atoms with Crippen LogP contribution in [0.1, 0.15) is 71.9 Å². The minimum absolute atomic E-state index is 0.0570. The average molecular weight is 460 g/mol. The molecule has 1 aliphatic rings. The number of hydrogen-bond donors (Lipinski definition) is 2. The lowest BCUT2D eigenvalue weighted by atomic mass is 9.88. The van der Waals surface area contributed by atoms with Gasteiger partial charge in [0.25, 0.3) is 5.91 Å². The van der Waals surface area contributed by atoms with Gasteiger partial charge >= 0.3 is 0 Å². The van der Waals surface area contributed by atoms with Gasteiger partial charge in [-0.2, -0.15) is 0 Å². The Labute approximate surface area is 198 Å². The molecule has 1 aromatic heterocycles. The second-order valence-electron chi connectivity index (χ2n) is 8.64. The molecule has 2 N–H and O–H groups in total. The van der Waals surface area contributed by atoms with Gasteiger partial charge in [0.1, 0.15) is 0 Å². The third-order valence-corrected chi connectivity index (χ3v) is 6.18. The number of ketones is 1. The van der Waals surface area contributed by atoms with Gasteiger partial charge in [-0.05, 0) is 30.5 Å². The topological polar surface area (TPSA) is 101 Å². The quantitative estimate of drug-likeness (QED) is 0.440. The van der Waals surface area contributed by atoms with Crippen molar-refractivity contribution in [2.45, 2.75) is 52.0 Å². The number of hydrogen-bond acceptors (Lipinski definition) is 5. The average Bonchev–Trinajstić information content (AvgIpc) is 3.38. The molecule has 0 spiro atoms. The first-order valence-electron chi connectivity index (χ1n) is 11.8. The van der Waals surface area contributed by atoms with Crippen molar-refractivity contribution >= 4 is 23.3 Å². The van der Waals surface area contributed by atoms with Crippen LogP contribution >= 0.6 is 0 Å². The van der Waals surface area contributed by atoms with Crippen molar-refractivity contribution in [2.24, 2.45) is 5.92 Å². The molecular formula is C27H29N3O4. The van der Waals surface area contributed by atoms with Gasteiger partial charge < -0.3 is 15.2 Å². The maximum Gasteiger partial charge on any atom is 0.273 e. The minimum atomic E-state index is -0.356. The number of carbonyl (C=O) groups is 3. The second-order valence-corrected chi connectivity index (χ2v) is 8.64. The van der Waals surface area contributed by atoms with Gasteiger partial charge in [0.05, 0.1) is 0 Å². The summed E-state index contributed by atoms with van der Waals surface area (Å²) < 4.78 is 5.39. The molecule has 0 unspecified atom stereocenters. The number of anilines is 1. The summed E-state index contributed by atoms with van der Waals surface area (Å²) in [4.78, 5) is 36.8. The fourth-order valence-electron chi connectivity index (χ4n) is 4.16. The molecule has 1 saturated carbocycles. The van der Waals surface area contributed by atoms with Crippen LogP contribution in [-0.2, 0) is 11.3 Å². The van der Waals surface area contributed by atoms with E-state index in [2.05, 4.69) is 15.8 Å². The van der Waals surface area contributed by atoms with Crippen molar-refractivity contribution in [1.29, 1.82) is 0 Å². The van der Waals surface area contributed by atoms with E-state index in [4.69, 9.17) is 4.52 Å². The van der Waals surface area contributed by atoms with E-state index in [-0.39, 0.29) is 29.2 Å². The number of amides is 2. The largest absolute Gasteiger partial charge is 0.355 e. The molecule has 1 fully saturated rings. The van der Waals surface area contributed by atoms with Crippen LogP contribution in [0.5, 0.6) is 0 Å². The zero-order chi connectivity index (χ0) is 23.9. The molecule has 0 radical (unpaired) electrons. The number of rotatable bonds is 8. The number of benzene rings is 2. The molecule has 1 heterocycles. The molecule has 4 rings (SSSR count). The van der Waals surface area contributed by atoms with Crippen LogP contribution in [-0.4, -0.2) is 22.8 Å². The summed E-state index contributed by atoms with van der Waals surface area (Å²) in [6.45, 7) is 2.14. The minimum Gasteiger partial charge on any atom is -0.355 e. The monoisotopic (exact) mass is 459 g/mol. The van der Waals surface area contributed by atoms with Gasteiger partial charge in [-0.25, -0.2) is 0 Å². The van der Waals surface area contributed by atoms with Crippen LogP contribution in [0, 0.1) is 5.92 Å². The van der Waals surface area contributed by atoms with Gasteiger partial charge in [-0.1, -0.05) is 67.7 Å². The summed E-state index contributed by atoms with van der Waals surface area (Å²) in [7, 11) is 0. The molecule has 0 aliphatic heterocycles. The number of nitrogens with zero attached hydrogens (tertiary/aromatic N) is 1. The molecular weight excluding hydrogens is 430 g/mol. The van der Waals surface area contributed by atoms with E-state index in [0.29, 0.717) is 30.0 Å². The predicted octanol–water partition coefficient (Wildman–Crippen LogP) is 5.38. The number of aromatic nitrogens is 1. The fraction of sp³-hybridized carbons (Fsp3) is 0.333. The summed E-state index contributed by atoms with van der Waals surface area (Å²) >= 11 is 0. The Morgan fingerprint density at radius 1 is 1.00 bits per heavy atom. The molecule has 0 saturated heterocycles. The van der Waals surface area contributed by atoms with Gasteiger partial charge in [-0.3, -0.25) is 14.4 Å². The van der Waals surface area contributed by atoms with Crippen LogP contribution < -0.4 is 10.6 Å². The van der Waals surface area contributed by atoms with Crippen LogP contribution in [0.25, 0.3) is 11.3 Å². The highest BCUT2D eigenvalue weighted by Gasteiger charge is 2.21. The third kappa shape index (κ3) is 5.78. The number of nitrogens with one attached hydrogen (secondary N) is 2. The van der Waals surface area contributed by atoms with E-state index in [1.807, 2.05) is 43.3 Å². The van der Waals surface area contributed by atoms with Gasteiger partial charge in [0, 0.05) is 41.8 Å². The van der Waals surface area contributed by atoms with E-state index >= 15 is 0 Å². The summed E-state index contributed by atoms with van der Waals surface area (Å²) in [6.07, 6.45) is 5.74. The van der Waals surface area contributed by atoms with Crippen LogP contribution in [0.4, 0.5) is 5.69 Å². The highest BCUT2D eigenvalue weighted by molar-refractivity contribution is 5.96. The normalized spacial score (nSPS) is 13.9. The predicted molar refractivity (Wildman–Crippen MR) is 129 cm³/mol. The smallest absolute Gasteiger partial charge is 0.273 e. The van der Waals surface area contributed by atoms with E-state index in [1.54, 1.807) is 18.2 Å². The van der Waals surface area contributed by atoms with E-state index in [0.717, 1.165) is 36.8 Å². The molecule has 3 aromatic rings. The molecule has 34 heavy (non-hydrogen) atoms. The van der Waals surface area contributed by atoms with Gasteiger partial charge in [-0.15, -0.1) is 0 Å². The van der Waals surface area contributed by atoms with E-state index < -0.39 is 0 Å². The summed E-state index contributed by atoms with van der Waals surface area (Å²) in [5.41, 5.74) is 3.14. The Morgan fingerprint density at radius 2 is 1.76 bits per heavy atom. The Kier molecular flexibility index (Phi) is 7.52. The van der Waals surface area contributed by atoms with Crippen LogP contribution in [0.3, 0.4) is 0 Å². The molecule has 0 bridgehead atoms. The summed E-state index contributed by atoms with van der Waals surface area (Å²) in [6, 6.07) is 16.1. The lowest BCUT2D eigenvalue weighted by Crippen LogP contribution is -2.24. The lowest BCUT2D eigenvalue weighted by molar-refractivity contribution is -0.120. The van der Waals surface area contributed by atoms with Crippen LogP contribution in [0.2, 0.25) is 0 Å². The van der Waals surface area contributed by atoms with E-state index in [1.165, 1.54) is 6.42 Å². The van der Waals surface area contributed by atoms with Crippen molar-refractivity contribution in [3.8, 4) is 11.3 Å². The fourth-order valence-corrected chi connectivity index (χ4v) is 4.16. The molecule has 1 aliphatic carbocycles. The first-order valence-corrected chi connectivity index (χ1v) is 11.8. The van der Waals surface area contributed by atoms with Crippen molar-refractivity contribution in [2.75, 3.05) is 5.32 Å². The maximum atomic E-state index is 12.5. The first kappa shape index (κ1) is 23.4. The number of carbonyl (C=O) groups excluding carboxylic acids is 3. The standard InChI is InChI=1S/C27H29N3O4/c1-2-24(31)19-13-11-18(12-14-19)17-28-27(33)23-16-25(34-30-23)21-9-6-10-22(15-21)29-26(32)20-7-4-3-5-8-20/h6,9-16,20H,2-5,7-8,17H2,1H3,(H,28,33)(H,29,32). The third-order valence-electron chi connectivity index (χ3n) is 6.18. The van der Waals surface area contributed by atoms with Gasteiger partial charge in [0.2, 0.25) is 5.91 Å². The lowest BCUT2D eigenvalue weighted by Gasteiger charge is -2.20. The Hall–Kier alpha value is -3.74. The van der Waals surface area contributed by atoms with Crippen molar-refractivity contribution in [3.05, 3.63) is 71.4 Å². The Bertz CT molecular complexity index is 1160. The molecule has 2 aromatic carbocycles. The van der Waals surface area contributed by atoms with E-state index in [9.17, 15) is 14.4 Å². The summed E-state index contributed by atoms with van der Waals surface area (Å²) in [5.74, 6) is 0.304. The zero-order valence-corrected chi connectivity index (χ0v) is 19.3. The Morgan fingerprint density at radius 3 is 2.50 bits per heavy atom. The Balaban J connectivity index is 1.36. The molecule has 7 heteroatoms. The van der Waals surface area contributed by atoms with Crippen LogP contribution in [0.15, 0.2) is 59.1 Å². The first-order chi connectivity index (χ1) is 16.5. The van der Waals surface area contributed by atoms with Crippen molar-refractivity contribution in [1.82, 2.24) is 10.5 Å². The second kappa shape index (κ2) is 10.9. The molecule has 0 atom stereocenters. The maximum absolute atomic E-state index is 12.5. The molecule has 176 valence electrons. The molecule has 7 nitrogen and oxygen atoms in total. The highest BCUT2D eigenvalue weighted by atomic mass is 16.5. The summed E-state index contributed by atoms with van der Waals surface area (Å²) in [5, 5.41) is 9.71. The zero-order valence-electron chi connectivity index (χ0n) is 19.3.